The number of nitrogens with two attached hydrogens (primary N) is 4. The fourth-order valence-corrected chi connectivity index (χ4v) is 8.66. The maximum Gasteiger partial charge on any atom is 0.243 e. The summed E-state index contributed by atoms with van der Waals surface area (Å²) in [4.78, 5) is 131. The molecule has 0 spiro atoms. The fraction of sp³-hybridized carbons (Fsp3) is 0.623. The van der Waals surface area contributed by atoms with Gasteiger partial charge in [0.25, 0.3) is 0 Å². The number of pyridine rings is 1. The molecule has 9 amide bonds. The number of aliphatic hydroxyl groups excluding tert-OH is 1. The number of nitrogens with one attached hydrogen (secondary N) is 9. The highest BCUT2D eigenvalue weighted by molar-refractivity contribution is 5.98. The third-order valence-electron chi connectivity index (χ3n) is 12.9. The first-order valence-corrected chi connectivity index (χ1v) is 27.0. The van der Waals surface area contributed by atoms with E-state index in [1.807, 2.05) is 13.8 Å². The van der Waals surface area contributed by atoms with Gasteiger partial charge < -0.3 is 75.9 Å². The molecule has 1 aliphatic heterocycles. The average Bonchev–Trinajstić information content (AvgIpc) is 3.39. The van der Waals surface area contributed by atoms with Gasteiger partial charge in [0.2, 0.25) is 53.2 Å². The molecule has 1 aliphatic rings. The number of aliphatic hydroxyl groups is 1. The van der Waals surface area contributed by atoms with Crippen molar-refractivity contribution in [2.75, 3.05) is 32.7 Å². The molecule has 18 N–H and O–H groups in total. The summed E-state index contributed by atoms with van der Waals surface area (Å²) in [6, 6.07) is 1.37. The molecule has 0 radical (unpaired) electrons. The second-order valence-corrected chi connectivity index (χ2v) is 19.9. The standard InChI is InChI=1S/C53H86N14O10/c1-4-5-6-7-11-14-36(68)32-45(69)60-37(15-22-54)47(71)64-41-21-28-59-46(70)43(31-35-19-26-58-27-20-35)66-49(73)39(17-24-56)61-48(72)38(16-23-55)63-52(76)42(29-33(2)3)65-53(77)44(30-34-12-9-8-10-13-34)67-50(74)40(18-25-57)62-51(41)75/h8-10,12-13,19-20,26-27,33,36-44,68H,4-7,11,14-18,21-25,28-32,54-57H2,1-3H3,(H,59,70)(H,60,69)(H,61,72)(H,62,75)(H,63,76)(H,64,71)(H,65,77)(H,66,73)(H,67,74)/t36-,37-,38+,39+,40+,41+,42+,43+,44-/m1/s1. The van der Waals surface area contributed by atoms with E-state index in [0.717, 1.165) is 32.1 Å². The van der Waals surface area contributed by atoms with Crippen LogP contribution in [0, 0.1) is 5.92 Å². The normalized spacial score (nSPS) is 22.5. The van der Waals surface area contributed by atoms with Crippen LogP contribution in [0.15, 0.2) is 54.9 Å². The molecule has 0 aliphatic carbocycles. The number of amides is 9. The van der Waals surface area contributed by atoms with Crippen molar-refractivity contribution in [2.45, 2.75) is 172 Å². The zero-order valence-electron chi connectivity index (χ0n) is 45.0. The Bertz CT molecular complexity index is 2170. The summed E-state index contributed by atoms with van der Waals surface area (Å²) in [5, 5.41) is 34.8. The molecule has 9 atom stereocenters. The third-order valence-corrected chi connectivity index (χ3v) is 12.9. The molecule has 24 heteroatoms. The summed E-state index contributed by atoms with van der Waals surface area (Å²) in [5.41, 5.74) is 24.9. The van der Waals surface area contributed by atoms with Crippen LogP contribution in [-0.2, 0) is 56.0 Å². The van der Waals surface area contributed by atoms with Crippen molar-refractivity contribution >= 4 is 53.2 Å². The number of nitrogens with zero attached hydrogens (tertiary/aromatic N) is 1. The Morgan fingerprint density at radius 1 is 0.610 bits per heavy atom. The van der Waals surface area contributed by atoms with Crippen LogP contribution in [-0.4, -0.2) is 150 Å². The van der Waals surface area contributed by atoms with E-state index in [4.69, 9.17) is 22.9 Å². The second-order valence-electron chi connectivity index (χ2n) is 19.9. The maximum absolute atomic E-state index is 14.5. The van der Waals surface area contributed by atoms with Crippen molar-refractivity contribution in [1.82, 2.24) is 52.8 Å². The zero-order chi connectivity index (χ0) is 56.7. The molecular weight excluding hydrogens is 993 g/mol. The third kappa shape index (κ3) is 24.1. The van der Waals surface area contributed by atoms with Crippen molar-refractivity contribution in [3.63, 3.8) is 0 Å². The van der Waals surface area contributed by atoms with Crippen LogP contribution in [0.3, 0.4) is 0 Å². The van der Waals surface area contributed by atoms with Gasteiger partial charge in [-0.25, -0.2) is 0 Å². The molecule has 1 aromatic heterocycles. The largest absolute Gasteiger partial charge is 0.393 e. The van der Waals surface area contributed by atoms with Gasteiger partial charge in [0, 0.05) is 31.8 Å². The molecule has 77 heavy (non-hydrogen) atoms. The SMILES string of the molecule is CCCCCCC[C@@H](O)CC(=O)N[C@H](CCN)C(=O)N[C@H]1CCNC(=O)[C@H](Cc2ccncc2)NC(=O)[C@H](CCN)NC(=O)[C@H](CCN)NC(=O)[C@H](CC(C)C)NC(=O)[C@@H](Cc2ccccc2)NC(=O)[C@H](CCN)NC1=O. The van der Waals surface area contributed by atoms with Crippen LogP contribution in [0.4, 0.5) is 0 Å². The Labute approximate surface area is 452 Å². The van der Waals surface area contributed by atoms with Crippen molar-refractivity contribution in [3.8, 4) is 0 Å². The van der Waals surface area contributed by atoms with E-state index in [0.29, 0.717) is 17.5 Å². The van der Waals surface area contributed by atoms with Crippen LogP contribution < -0.4 is 70.8 Å². The lowest BCUT2D eigenvalue weighted by atomic mass is 10.00. The Morgan fingerprint density at radius 2 is 1.09 bits per heavy atom. The van der Waals surface area contributed by atoms with E-state index >= 15 is 0 Å². The summed E-state index contributed by atoms with van der Waals surface area (Å²) in [7, 11) is 0. The van der Waals surface area contributed by atoms with Crippen molar-refractivity contribution in [2.24, 2.45) is 28.9 Å². The Hall–Kier alpha value is -6.60. The predicted octanol–water partition coefficient (Wildman–Crippen LogP) is -2.18. The van der Waals surface area contributed by atoms with Gasteiger partial charge in [0.05, 0.1) is 12.5 Å². The second kappa shape index (κ2) is 35.7. The molecule has 2 aromatic rings. The van der Waals surface area contributed by atoms with E-state index in [9.17, 15) is 48.3 Å². The van der Waals surface area contributed by atoms with Gasteiger partial charge in [-0.15, -0.1) is 0 Å². The van der Waals surface area contributed by atoms with Crippen molar-refractivity contribution in [1.29, 1.82) is 0 Å². The molecule has 3 rings (SSSR count). The number of benzene rings is 1. The predicted molar refractivity (Wildman–Crippen MR) is 289 cm³/mol. The molecule has 0 bridgehead atoms. The topological polar surface area (TPSA) is 399 Å². The zero-order valence-corrected chi connectivity index (χ0v) is 45.0. The van der Waals surface area contributed by atoms with Gasteiger partial charge in [-0.3, -0.25) is 48.1 Å². The van der Waals surface area contributed by atoms with E-state index in [1.54, 1.807) is 42.5 Å². The molecule has 2 heterocycles. The summed E-state index contributed by atoms with van der Waals surface area (Å²) >= 11 is 0. The first kappa shape index (κ1) is 64.7. The molecule has 24 nitrogen and oxygen atoms in total. The highest BCUT2D eigenvalue weighted by Gasteiger charge is 2.35. The molecule has 0 saturated carbocycles. The maximum atomic E-state index is 14.5. The first-order chi connectivity index (χ1) is 36.9. The monoisotopic (exact) mass is 1080 g/mol. The van der Waals surface area contributed by atoms with Crippen LogP contribution in [0.5, 0.6) is 0 Å². The minimum atomic E-state index is -1.50. The average molecular weight is 1080 g/mol. The van der Waals surface area contributed by atoms with Crippen LogP contribution in [0.25, 0.3) is 0 Å². The highest BCUT2D eigenvalue weighted by Crippen LogP contribution is 2.13. The fourth-order valence-electron chi connectivity index (χ4n) is 8.66. The quantitative estimate of drug-likeness (QED) is 0.0470. The van der Waals surface area contributed by atoms with Gasteiger partial charge in [-0.2, -0.15) is 0 Å². The summed E-state index contributed by atoms with van der Waals surface area (Å²) in [5.74, 6) is -7.17. The number of hydrogen-bond donors (Lipinski definition) is 14. The van der Waals surface area contributed by atoms with Crippen LogP contribution in [0.1, 0.15) is 115 Å². The summed E-state index contributed by atoms with van der Waals surface area (Å²) in [6.45, 7) is 5.12. The van der Waals surface area contributed by atoms with E-state index in [-0.39, 0.29) is 96.4 Å². The van der Waals surface area contributed by atoms with Crippen molar-refractivity contribution in [3.05, 3.63) is 66.0 Å². The minimum Gasteiger partial charge on any atom is -0.393 e. The number of carbonyl (C=O) groups excluding carboxylic acids is 9. The lowest BCUT2D eigenvalue weighted by Crippen LogP contribution is -2.61. The highest BCUT2D eigenvalue weighted by atomic mass is 16.3. The van der Waals surface area contributed by atoms with Crippen LogP contribution >= 0.6 is 0 Å². The molecule has 1 fully saturated rings. The molecule has 0 unspecified atom stereocenters. The Kier molecular flexibility index (Phi) is 30.0. The smallest absolute Gasteiger partial charge is 0.243 e. The number of hydrogen-bond acceptors (Lipinski definition) is 15. The van der Waals surface area contributed by atoms with E-state index in [1.165, 1.54) is 12.4 Å². The van der Waals surface area contributed by atoms with Crippen LogP contribution in [0.2, 0.25) is 0 Å². The van der Waals surface area contributed by atoms with Gasteiger partial charge in [0.15, 0.2) is 0 Å². The first-order valence-electron chi connectivity index (χ1n) is 27.0. The number of carbonyl (C=O) groups is 9. The van der Waals surface area contributed by atoms with Gasteiger partial charge in [-0.1, -0.05) is 83.2 Å². The number of aromatic nitrogens is 1. The minimum absolute atomic E-state index is 0.0562. The molecule has 428 valence electrons. The van der Waals surface area contributed by atoms with Crippen molar-refractivity contribution < 1.29 is 48.3 Å². The van der Waals surface area contributed by atoms with Gasteiger partial charge >= 0.3 is 0 Å². The van der Waals surface area contributed by atoms with Gasteiger partial charge in [-0.05, 0) is 100 Å². The Balaban J connectivity index is 2.11. The summed E-state index contributed by atoms with van der Waals surface area (Å²) in [6.07, 6.45) is 6.18. The lowest BCUT2D eigenvalue weighted by Gasteiger charge is -2.28. The summed E-state index contributed by atoms with van der Waals surface area (Å²) < 4.78 is 0. The van der Waals surface area contributed by atoms with Gasteiger partial charge in [0.1, 0.15) is 48.3 Å². The molecule has 1 saturated heterocycles. The Morgan fingerprint density at radius 3 is 1.62 bits per heavy atom. The molecular formula is C53H86N14O10. The lowest BCUT2D eigenvalue weighted by molar-refractivity contribution is -0.136. The van der Waals surface area contributed by atoms with E-state index in [2.05, 4.69) is 59.8 Å². The molecule has 1 aromatic carbocycles. The number of rotatable bonds is 25. The van der Waals surface area contributed by atoms with E-state index < -0.39 is 108 Å². The number of unbranched alkanes of at least 4 members (excludes halogenated alkanes) is 4.